The number of nitrogens with one attached hydrogen (secondary N) is 1. The number of amides is 2. The summed E-state index contributed by atoms with van der Waals surface area (Å²) >= 11 is 0. The van der Waals surface area contributed by atoms with Crippen LogP contribution in [0.15, 0.2) is 18.2 Å². The molecule has 1 atom stereocenters. The Balaban J connectivity index is 1.80. The van der Waals surface area contributed by atoms with Gasteiger partial charge in [-0.05, 0) is 25.1 Å². The summed E-state index contributed by atoms with van der Waals surface area (Å²) < 4.78 is 14.9. The fourth-order valence-electron chi connectivity index (χ4n) is 2.57. The summed E-state index contributed by atoms with van der Waals surface area (Å²) in [7, 11) is 0. The minimum atomic E-state index is -0.646. The second kappa shape index (κ2) is 6.08. The fourth-order valence-corrected chi connectivity index (χ4v) is 2.57. The number of benzene rings is 1. The summed E-state index contributed by atoms with van der Waals surface area (Å²) in [6.07, 6.45) is 0.601. The summed E-state index contributed by atoms with van der Waals surface area (Å²) in [5, 5.41) is 19.1. The molecule has 0 unspecified atom stereocenters. The molecule has 0 saturated heterocycles. The van der Waals surface area contributed by atoms with Crippen molar-refractivity contribution < 1.29 is 14.0 Å². The minimum Gasteiger partial charge on any atom is -0.314 e. The number of fused-ring (bicyclic) bond motifs is 1. The molecule has 3 rings (SSSR count). The van der Waals surface area contributed by atoms with Gasteiger partial charge in [0, 0.05) is 5.69 Å². The Morgan fingerprint density at radius 1 is 1.54 bits per heavy atom. The van der Waals surface area contributed by atoms with Crippen molar-refractivity contribution in [2.45, 2.75) is 26.1 Å². The second-order valence-corrected chi connectivity index (χ2v) is 5.43. The van der Waals surface area contributed by atoms with Crippen molar-refractivity contribution in [3.63, 3.8) is 0 Å². The highest BCUT2D eigenvalue weighted by molar-refractivity contribution is 5.90. The molecule has 122 valence electrons. The SMILES string of the molecule is C[C@H]1Cn2nnc(C=O)c2CN1C(=O)Nc1ccc(F)c(C#N)c1. The lowest BCUT2D eigenvalue weighted by Gasteiger charge is -2.33. The van der Waals surface area contributed by atoms with Gasteiger partial charge in [-0.15, -0.1) is 5.10 Å². The van der Waals surface area contributed by atoms with E-state index in [1.165, 1.54) is 17.0 Å². The molecule has 0 radical (unpaired) electrons. The predicted octanol–water partition coefficient (Wildman–Crippen LogP) is 1.54. The summed E-state index contributed by atoms with van der Waals surface area (Å²) in [6.45, 7) is 2.44. The van der Waals surface area contributed by atoms with Gasteiger partial charge in [0.15, 0.2) is 12.0 Å². The van der Waals surface area contributed by atoms with E-state index in [4.69, 9.17) is 5.26 Å². The number of urea groups is 1. The number of nitrogens with zero attached hydrogens (tertiary/aromatic N) is 5. The predicted molar refractivity (Wildman–Crippen MR) is 80.5 cm³/mol. The van der Waals surface area contributed by atoms with Crippen molar-refractivity contribution in [2.24, 2.45) is 0 Å². The average Bonchev–Trinajstić information content (AvgIpc) is 2.97. The van der Waals surface area contributed by atoms with Gasteiger partial charge in [0.2, 0.25) is 0 Å². The van der Waals surface area contributed by atoms with Crippen LogP contribution < -0.4 is 5.32 Å². The van der Waals surface area contributed by atoms with E-state index in [0.717, 1.165) is 6.07 Å². The summed E-state index contributed by atoms with van der Waals surface area (Å²) in [4.78, 5) is 25.0. The molecule has 1 aromatic heterocycles. The molecule has 1 aromatic carbocycles. The zero-order chi connectivity index (χ0) is 17.3. The first kappa shape index (κ1) is 15.6. The van der Waals surface area contributed by atoms with Crippen molar-refractivity contribution in [1.82, 2.24) is 19.9 Å². The zero-order valence-electron chi connectivity index (χ0n) is 12.7. The minimum absolute atomic E-state index is 0.148. The van der Waals surface area contributed by atoms with Crippen LogP contribution in [0.3, 0.4) is 0 Å². The van der Waals surface area contributed by atoms with E-state index in [1.54, 1.807) is 10.8 Å². The topological polar surface area (TPSA) is 104 Å². The van der Waals surface area contributed by atoms with Crippen LogP contribution in [-0.2, 0) is 13.1 Å². The van der Waals surface area contributed by atoms with Gasteiger partial charge in [-0.25, -0.2) is 13.9 Å². The molecule has 1 N–H and O–H groups in total. The van der Waals surface area contributed by atoms with E-state index in [9.17, 15) is 14.0 Å². The lowest BCUT2D eigenvalue weighted by atomic mass is 10.2. The van der Waals surface area contributed by atoms with Crippen LogP contribution in [0, 0.1) is 17.1 Å². The Bertz CT molecular complexity index is 856. The Morgan fingerprint density at radius 3 is 3.04 bits per heavy atom. The largest absolute Gasteiger partial charge is 0.322 e. The van der Waals surface area contributed by atoms with Crippen LogP contribution in [0.2, 0.25) is 0 Å². The number of rotatable bonds is 2. The number of anilines is 1. The lowest BCUT2D eigenvalue weighted by molar-refractivity contribution is 0.111. The quantitative estimate of drug-likeness (QED) is 0.842. The number of halogens is 1. The third-order valence-electron chi connectivity index (χ3n) is 3.87. The second-order valence-electron chi connectivity index (χ2n) is 5.43. The smallest absolute Gasteiger partial charge is 0.314 e. The molecule has 1 aliphatic rings. The van der Waals surface area contributed by atoms with Crippen LogP contribution in [0.25, 0.3) is 0 Å². The van der Waals surface area contributed by atoms with E-state index in [1.807, 2.05) is 6.92 Å². The van der Waals surface area contributed by atoms with E-state index < -0.39 is 11.8 Å². The first-order valence-corrected chi connectivity index (χ1v) is 7.18. The summed E-state index contributed by atoms with van der Waals surface area (Å²) in [5.41, 5.74) is 0.936. The van der Waals surface area contributed by atoms with Crippen molar-refractivity contribution in [1.29, 1.82) is 5.26 Å². The first-order chi connectivity index (χ1) is 11.5. The Labute approximate surface area is 136 Å². The van der Waals surface area contributed by atoms with Gasteiger partial charge in [-0.2, -0.15) is 5.26 Å². The van der Waals surface area contributed by atoms with Gasteiger partial charge >= 0.3 is 6.03 Å². The maximum absolute atomic E-state index is 13.3. The normalized spacial score (nSPS) is 16.2. The van der Waals surface area contributed by atoms with Crippen LogP contribution in [0.1, 0.15) is 28.7 Å². The number of nitriles is 1. The Kier molecular flexibility index (Phi) is 3.95. The molecule has 2 heterocycles. The molecule has 0 aliphatic carbocycles. The highest BCUT2D eigenvalue weighted by atomic mass is 19.1. The molecule has 2 aromatic rings. The molecule has 0 fully saturated rings. The van der Waals surface area contributed by atoms with Gasteiger partial charge < -0.3 is 10.2 Å². The van der Waals surface area contributed by atoms with Gasteiger partial charge in [0.05, 0.1) is 30.4 Å². The van der Waals surface area contributed by atoms with Gasteiger partial charge in [-0.3, -0.25) is 4.79 Å². The van der Waals surface area contributed by atoms with Crippen LogP contribution in [-0.4, -0.2) is 38.3 Å². The number of carbonyl (C=O) groups is 2. The maximum Gasteiger partial charge on any atom is 0.322 e. The van der Waals surface area contributed by atoms with E-state index in [2.05, 4.69) is 15.6 Å². The van der Waals surface area contributed by atoms with E-state index in [0.29, 0.717) is 24.2 Å². The molecule has 24 heavy (non-hydrogen) atoms. The number of carbonyl (C=O) groups excluding carboxylic acids is 2. The van der Waals surface area contributed by atoms with Crippen LogP contribution >= 0.6 is 0 Å². The van der Waals surface area contributed by atoms with Gasteiger partial charge in [-0.1, -0.05) is 5.21 Å². The molecule has 2 amide bonds. The molecule has 8 nitrogen and oxygen atoms in total. The van der Waals surface area contributed by atoms with Crippen LogP contribution in [0.5, 0.6) is 0 Å². The first-order valence-electron chi connectivity index (χ1n) is 7.18. The molecular formula is C15H13FN6O2. The average molecular weight is 328 g/mol. The monoisotopic (exact) mass is 328 g/mol. The van der Waals surface area contributed by atoms with Crippen molar-refractivity contribution in [3.05, 3.63) is 41.0 Å². The van der Waals surface area contributed by atoms with Crippen molar-refractivity contribution in [3.8, 4) is 6.07 Å². The molecule has 0 spiro atoms. The number of hydrogen-bond acceptors (Lipinski definition) is 5. The highest BCUT2D eigenvalue weighted by Gasteiger charge is 2.30. The van der Waals surface area contributed by atoms with E-state index in [-0.39, 0.29) is 23.8 Å². The van der Waals surface area contributed by atoms with Gasteiger partial charge in [0.1, 0.15) is 11.9 Å². The van der Waals surface area contributed by atoms with Crippen LogP contribution in [0.4, 0.5) is 14.9 Å². The fraction of sp³-hybridized carbons (Fsp3) is 0.267. The van der Waals surface area contributed by atoms with Gasteiger partial charge in [0.25, 0.3) is 0 Å². The van der Waals surface area contributed by atoms with E-state index >= 15 is 0 Å². The number of hydrogen-bond donors (Lipinski definition) is 1. The standard InChI is InChI=1S/C15H13FN6O2/c1-9-6-22-14(13(8-23)19-20-22)7-21(9)15(24)18-11-2-3-12(16)10(4-11)5-17/h2-4,8-9H,6-7H2,1H3,(H,18,24)/t9-/m0/s1. The Hall–Kier alpha value is -3.28. The molecule has 1 aliphatic heterocycles. The molecule has 0 bridgehead atoms. The highest BCUT2D eigenvalue weighted by Crippen LogP contribution is 2.20. The van der Waals surface area contributed by atoms with Crippen molar-refractivity contribution in [2.75, 3.05) is 5.32 Å². The lowest BCUT2D eigenvalue weighted by Crippen LogP contribution is -2.47. The molecule has 9 heteroatoms. The third-order valence-corrected chi connectivity index (χ3v) is 3.87. The van der Waals surface area contributed by atoms with Crippen molar-refractivity contribution >= 4 is 18.0 Å². The number of aldehydes is 1. The summed E-state index contributed by atoms with van der Waals surface area (Å²) in [6, 6.07) is 4.91. The Morgan fingerprint density at radius 2 is 2.33 bits per heavy atom. The number of aromatic nitrogens is 3. The maximum atomic E-state index is 13.3. The summed E-state index contributed by atoms with van der Waals surface area (Å²) in [5.74, 6) is -0.646. The third kappa shape index (κ3) is 2.69. The molecule has 0 saturated carbocycles. The molecular weight excluding hydrogens is 315 g/mol. The zero-order valence-corrected chi connectivity index (χ0v) is 12.7.